The summed E-state index contributed by atoms with van der Waals surface area (Å²) in [6.07, 6.45) is 3.48. The Morgan fingerprint density at radius 2 is 1.85 bits per heavy atom. The fourth-order valence-corrected chi connectivity index (χ4v) is 1.63. The Kier molecular flexibility index (Phi) is 4.55. The summed E-state index contributed by atoms with van der Waals surface area (Å²) in [6, 6.07) is 9.43. The van der Waals surface area contributed by atoms with Crippen LogP contribution >= 0.6 is 0 Å². The van der Waals surface area contributed by atoms with Crippen molar-refractivity contribution in [1.29, 1.82) is 0 Å². The van der Waals surface area contributed by atoms with Crippen LogP contribution in [0.1, 0.15) is 18.1 Å². The molecule has 0 bridgehead atoms. The summed E-state index contributed by atoms with van der Waals surface area (Å²) in [7, 11) is 0. The van der Waals surface area contributed by atoms with Gasteiger partial charge in [-0.05, 0) is 36.8 Å². The molecule has 1 heterocycles. The first-order valence-corrected chi connectivity index (χ1v) is 6.13. The van der Waals surface area contributed by atoms with Crippen LogP contribution in [0.25, 0.3) is 0 Å². The van der Waals surface area contributed by atoms with Gasteiger partial charge in [0.05, 0.1) is 12.1 Å². The molecule has 0 aliphatic heterocycles. The van der Waals surface area contributed by atoms with E-state index in [0.717, 1.165) is 11.1 Å². The largest absolute Gasteiger partial charge is 0.273 e. The van der Waals surface area contributed by atoms with Crippen molar-refractivity contribution < 1.29 is 9.18 Å². The van der Waals surface area contributed by atoms with E-state index in [1.54, 1.807) is 31.5 Å². The van der Waals surface area contributed by atoms with Gasteiger partial charge in [-0.2, -0.15) is 5.10 Å². The number of nitrogens with one attached hydrogen (secondary N) is 1. The molecule has 0 saturated heterocycles. The molecule has 5 heteroatoms. The summed E-state index contributed by atoms with van der Waals surface area (Å²) >= 11 is 0. The minimum absolute atomic E-state index is 0.160. The SMILES string of the molecule is C/C(=N/NC(=O)Cc1ccc(F)cc1)c1ccncc1. The molecule has 0 spiro atoms. The van der Waals surface area contributed by atoms with Gasteiger partial charge < -0.3 is 0 Å². The van der Waals surface area contributed by atoms with Gasteiger partial charge >= 0.3 is 0 Å². The zero-order valence-electron chi connectivity index (χ0n) is 11.0. The molecular formula is C15H14FN3O. The summed E-state index contributed by atoms with van der Waals surface area (Å²) in [4.78, 5) is 15.6. The number of pyridine rings is 1. The van der Waals surface area contributed by atoms with Crippen LogP contribution in [-0.2, 0) is 11.2 Å². The first-order valence-electron chi connectivity index (χ1n) is 6.13. The van der Waals surface area contributed by atoms with Gasteiger partial charge in [0.2, 0.25) is 5.91 Å². The van der Waals surface area contributed by atoms with Gasteiger partial charge in [-0.1, -0.05) is 12.1 Å². The van der Waals surface area contributed by atoms with Gasteiger partial charge in [-0.15, -0.1) is 0 Å². The van der Waals surface area contributed by atoms with E-state index in [1.807, 2.05) is 12.1 Å². The van der Waals surface area contributed by atoms with E-state index in [1.165, 1.54) is 12.1 Å². The Morgan fingerprint density at radius 3 is 2.50 bits per heavy atom. The molecule has 102 valence electrons. The van der Waals surface area contributed by atoms with Gasteiger partial charge in [-0.3, -0.25) is 9.78 Å². The Balaban J connectivity index is 1.93. The highest BCUT2D eigenvalue weighted by Crippen LogP contribution is 2.03. The fourth-order valence-electron chi connectivity index (χ4n) is 1.63. The second-order valence-electron chi connectivity index (χ2n) is 4.27. The summed E-state index contributed by atoms with van der Waals surface area (Å²) < 4.78 is 12.7. The van der Waals surface area contributed by atoms with E-state index in [2.05, 4.69) is 15.5 Å². The molecule has 0 fully saturated rings. The normalized spacial score (nSPS) is 11.2. The van der Waals surface area contributed by atoms with Crippen LogP contribution in [-0.4, -0.2) is 16.6 Å². The third kappa shape index (κ3) is 3.98. The van der Waals surface area contributed by atoms with Crippen LogP contribution in [0, 0.1) is 5.82 Å². The number of hydrazone groups is 1. The molecule has 1 N–H and O–H groups in total. The quantitative estimate of drug-likeness (QED) is 0.685. The summed E-state index contributed by atoms with van der Waals surface area (Å²) in [6.45, 7) is 1.80. The molecule has 2 rings (SSSR count). The van der Waals surface area contributed by atoms with Gasteiger partial charge in [-0.25, -0.2) is 9.82 Å². The van der Waals surface area contributed by atoms with Crippen molar-refractivity contribution in [1.82, 2.24) is 10.4 Å². The molecule has 1 aromatic heterocycles. The molecule has 0 aliphatic carbocycles. The van der Waals surface area contributed by atoms with Crippen molar-refractivity contribution in [3.63, 3.8) is 0 Å². The van der Waals surface area contributed by atoms with Gasteiger partial charge in [0, 0.05) is 18.0 Å². The summed E-state index contributed by atoms with van der Waals surface area (Å²) in [5.41, 5.74) is 4.80. The lowest BCUT2D eigenvalue weighted by Gasteiger charge is -2.03. The summed E-state index contributed by atoms with van der Waals surface area (Å²) in [5.74, 6) is -0.564. The standard InChI is InChI=1S/C15H14FN3O/c1-11(13-6-8-17-9-7-13)18-19-15(20)10-12-2-4-14(16)5-3-12/h2-9H,10H2,1H3,(H,19,20)/b18-11-. The van der Waals surface area contributed by atoms with Crippen LogP contribution in [0.4, 0.5) is 4.39 Å². The number of carbonyl (C=O) groups excluding carboxylic acids is 1. The third-order valence-corrected chi connectivity index (χ3v) is 2.72. The maximum Gasteiger partial charge on any atom is 0.244 e. The molecule has 0 radical (unpaired) electrons. The number of hydrogen-bond acceptors (Lipinski definition) is 3. The molecule has 0 saturated carbocycles. The molecule has 2 aromatic rings. The second kappa shape index (κ2) is 6.56. The van der Waals surface area contributed by atoms with E-state index in [0.29, 0.717) is 5.71 Å². The lowest BCUT2D eigenvalue weighted by molar-refractivity contribution is -0.120. The molecule has 1 aromatic carbocycles. The Labute approximate surface area is 116 Å². The number of halogens is 1. The highest BCUT2D eigenvalue weighted by Gasteiger charge is 2.03. The van der Waals surface area contributed by atoms with E-state index in [9.17, 15) is 9.18 Å². The van der Waals surface area contributed by atoms with Crippen molar-refractivity contribution in [3.05, 3.63) is 65.7 Å². The Morgan fingerprint density at radius 1 is 1.20 bits per heavy atom. The lowest BCUT2D eigenvalue weighted by atomic mass is 10.1. The average Bonchev–Trinajstić information content (AvgIpc) is 2.48. The third-order valence-electron chi connectivity index (χ3n) is 2.72. The van der Waals surface area contributed by atoms with Gasteiger partial charge in [0.15, 0.2) is 0 Å². The Hall–Kier alpha value is -2.56. The van der Waals surface area contributed by atoms with Crippen molar-refractivity contribution in [3.8, 4) is 0 Å². The molecule has 4 nitrogen and oxygen atoms in total. The number of rotatable bonds is 4. The fraction of sp³-hybridized carbons (Fsp3) is 0.133. The first kappa shape index (κ1) is 13.9. The molecule has 0 unspecified atom stereocenters. The van der Waals surface area contributed by atoms with E-state index in [-0.39, 0.29) is 18.1 Å². The molecule has 20 heavy (non-hydrogen) atoms. The number of hydrogen-bond donors (Lipinski definition) is 1. The molecule has 0 atom stereocenters. The lowest BCUT2D eigenvalue weighted by Crippen LogP contribution is -2.21. The molecule has 0 aliphatic rings. The number of amides is 1. The average molecular weight is 271 g/mol. The van der Waals surface area contributed by atoms with Crippen LogP contribution in [0.5, 0.6) is 0 Å². The monoisotopic (exact) mass is 271 g/mol. The second-order valence-corrected chi connectivity index (χ2v) is 4.27. The number of aromatic nitrogens is 1. The number of carbonyl (C=O) groups is 1. The zero-order chi connectivity index (χ0) is 14.4. The highest BCUT2D eigenvalue weighted by molar-refractivity contribution is 5.99. The highest BCUT2D eigenvalue weighted by atomic mass is 19.1. The number of benzene rings is 1. The smallest absolute Gasteiger partial charge is 0.244 e. The zero-order valence-corrected chi connectivity index (χ0v) is 11.0. The molecule has 1 amide bonds. The molecular weight excluding hydrogens is 257 g/mol. The minimum atomic E-state index is -0.319. The van der Waals surface area contributed by atoms with Gasteiger partial charge in [0.1, 0.15) is 5.82 Å². The van der Waals surface area contributed by atoms with E-state index >= 15 is 0 Å². The van der Waals surface area contributed by atoms with Crippen molar-refractivity contribution >= 4 is 11.6 Å². The predicted octanol–water partition coefficient (Wildman–Crippen LogP) is 2.30. The van der Waals surface area contributed by atoms with Crippen molar-refractivity contribution in [2.75, 3.05) is 0 Å². The van der Waals surface area contributed by atoms with Crippen LogP contribution in [0.3, 0.4) is 0 Å². The van der Waals surface area contributed by atoms with Crippen LogP contribution < -0.4 is 5.43 Å². The van der Waals surface area contributed by atoms with Crippen LogP contribution in [0.2, 0.25) is 0 Å². The first-order chi connectivity index (χ1) is 9.65. The predicted molar refractivity (Wildman–Crippen MR) is 74.7 cm³/mol. The number of nitrogens with zero attached hydrogens (tertiary/aromatic N) is 2. The van der Waals surface area contributed by atoms with E-state index in [4.69, 9.17) is 0 Å². The topological polar surface area (TPSA) is 54.4 Å². The van der Waals surface area contributed by atoms with E-state index < -0.39 is 0 Å². The maximum absolute atomic E-state index is 12.7. The van der Waals surface area contributed by atoms with Crippen molar-refractivity contribution in [2.24, 2.45) is 5.10 Å². The van der Waals surface area contributed by atoms with Gasteiger partial charge in [0.25, 0.3) is 0 Å². The van der Waals surface area contributed by atoms with Crippen molar-refractivity contribution in [2.45, 2.75) is 13.3 Å². The maximum atomic E-state index is 12.7. The van der Waals surface area contributed by atoms with Crippen LogP contribution in [0.15, 0.2) is 53.9 Å². The minimum Gasteiger partial charge on any atom is -0.273 e. The summed E-state index contributed by atoms with van der Waals surface area (Å²) in [5, 5.41) is 4.02. The Bertz CT molecular complexity index is 609.